The van der Waals surface area contributed by atoms with Gasteiger partial charge < -0.3 is 5.32 Å². The smallest absolute Gasteiger partial charge is 0.238 e. The largest absolute Gasteiger partial charge is 0.383 e. The van der Waals surface area contributed by atoms with Crippen LogP contribution < -0.4 is 10.5 Å². The highest BCUT2D eigenvalue weighted by Crippen LogP contribution is 2.27. The molecule has 6 heteroatoms. The fourth-order valence-corrected chi connectivity index (χ4v) is 3.05. The van der Waals surface area contributed by atoms with Crippen LogP contribution in [0.5, 0.6) is 0 Å². The van der Waals surface area contributed by atoms with E-state index < -0.39 is 15.8 Å². The van der Waals surface area contributed by atoms with E-state index in [-0.39, 0.29) is 4.90 Å². The van der Waals surface area contributed by atoms with Gasteiger partial charge in [-0.25, -0.2) is 17.9 Å². The molecule has 1 aromatic carbocycles. The summed E-state index contributed by atoms with van der Waals surface area (Å²) >= 11 is 0. The third-order valence-electron chi connectivity index (χ3n) is 3.61. The highest BCUT2D eigenvalue weighted by molar-refractivity contribution is 7.89. The summed E-state index contributed by atoms with van der Waals surface area (Å²) in [5.74, 6) is 0.150. The first-order chi connectivity index (χ1) is 8.97. The van der Waals surface area contributed by atoms with Gasteiger partial charge in [0.1, 0.15) is 5.82 Å². The summed E-state index contributed by atoms with van der Waals surface area (Å²) in [4.78, 5) is -0.202. The molecule has 0 heterocycles. The summed E-state index contributed by atoms with van der Waals surface area (Å²) in [6.07, 6.45) is 6.13. The molecule has 0 radical (unpaired) electrons. The Kier molecular flexibility index (Phi) is 4.42. The van der Waals surface area contributed by atoms with Gasteiger partial charge in [0.15, 0.2) is 0 Å². The Morgan fingerprint density at radius 1 is 1.32 bits per heavy atom. The Balaban J connectivity index is 1.93. The average molecular weight is 286 g/mol. The number of anilines is 1. The molecule has 1 fully saturated rings. The number of nitrogens with one attached hydrogen (secondary N) is 1. The highest BCUT2D eigenvalue weighted by Gasteiger charge is 2.15. The van der Waals surface area contributed by atoms with Crippen LogP contribution in [-0.4, -0.2) is 15.0 Å². The van der Waals surface area contributed by atoms with Crippen molar-refractivity contribution in [3.8, 4) is 0 Å². The number of rotatable bonds is 5. The molecule has 1 aliphatic rings. The maximum Gasteiger partial charge on any atom is 0.238 e. The number of hydrogen-bond acceptors (Lipinski definition) is 3. The first kappa shape index (κ1) is 14.3. The third-order valence-corrected chi connectivity index (χ3v) is 4.52. The van der Waals surface area contributed by atoms with Gasteiger partial charge in [0, 0.05) is 6.54 Å². The van der Waals surface area contributed by atoms with Crippen molar-refractivity contribution >= 4 is 15.7 Å². The summed E-state index contributed by atoms with van der Waals surface area (Å²) in [5, 5.41) is 7.95. The minimum absolute atomic E-state index is 0.202. The molecule has 0 atom stereocenters. The molecule has 19 heavy (non-hydrogen) atoms. The minimum atomic E-state index is -3.84. The van der Waals surface area contributed by atoms with E-state index in [9.17, 15) is 12.8 Å². The normalized spacial score (nSPS) is 16.7. The SMILES string of the molecule is NS(=O)(=O)c1ccc(NCCC2CCCC2)c(F)c1. The Hall–Kier alpha value is -1.14. The lowest BCUT2D eigenvalue weighted by atomic mass is 10.0. The zero-order chi connectivity index (χ0) is 13.9. The highest BCUT2D eigenvalue weighted by atomic mass is 32.2. The van der Waals surface area contributed by atoms with Crippen molar-refractivity contribution < 1.29 is 12.8 Å². The maximum absolute atomic E-state index is 13.7. The van der Waals surface area contributed by atoms with Crippen molar-refractivity contribution in [1.82, 2.24) is 0 Å². The molecule has 4 nitrogen and oxygen atoms in total. The zero-order valence-electron chi connectivity index (χ0n) is 10.7. The van der Waals surface area contributed by atoms with E-state index in [1.54, 1.807) is 0 Å². The molecule has 2 rings (SSSR count). The van der Waals surface area contributed by atoms with E-state index in [0.29, 0.717) is 12.2 Å². The van der Waals surface area contributed by atoms with Crippen LogP contribution in [0.15, 0.2) is 23.1 Å². The molecule has 3 N–H and O–H groups in total. The number of nitrogens with two attached hydrogens (primary N) is 1. The average Bonchev–Trinajstić information content (AvgIpc) is 2.83. The minimum Gasteiger partial charge on any atom is -0.383 e. The van der Waals surface area contributed by atoms with Crippen LogP contribution in [-0.2, 0) is 10.0 Å². The van der Waals surface area contributed by atoms with Gasteiger partial charge in [0.2, 0.25) is 10.0 Å². The van der Waals surface area contributed by atoms with Gasteiger partial charge in [-0.15, -0.1) is 0 Å². The number of primary sulfonamides is 1. The molecular formula is C13H19FN2O2S. The van der Waals surface area contributed by atoms with Crippen LogP contribution >= 0.6 is 0 Å². The molecule has 0 saturated heterocycles. The Morgan fingerprint density at radius 3 is 2.58 bits per heavy atom. The Bertz CT molecular complexity index is 540. The molecule has 1 saturated carbocycles. The third kappa shape index (κ3) is 3.91. The molecule has 1 aromatic rings. The van der Waals surface area contributed by atoms with Gasteiger partial charge in [-0.3, -0.25) is 0 Å². The number of halogens is 1. The van der Waals surface area contributed by atoms with Gasteiger partial charge in [-0.05, 0) is 30.5 Å². The Labute approximate surface area is 113 Å². The second kappa shape index (κ2) is 5.88. The predicted molar refractivity (Wildman–Crippen MR) is 72.8 cm³/mol. The lowest BCUT2D eigenvalue weighted by molar-refractivity contribution is 0.517. The molecular weight excluding hydrogens is 267 g/mol. The first-order valence-corrected chi connectivity index (χ1v) is 8.07. The lowest BCUT2D eigenvalue weighted by Gasteiger charge is -2.11. The second-order valence-corrected chi connectivity index (χ2v) is 6.61. The summed E-state index contributed by atoms with van der Waals surface area (Å²) in [6.45, 7) is 0.705. The summed E-state index contributed by atoms with van der Waals surface area (Å²) in [7, 11) is -3.84. The van der Waals surface area contributed by atoms with Crippen LogP contribution in [0.4, 0.5) is 10.1 Å². The summed E-state index contributed by atoms with van der Waals surface area (Å²) in [5.41, 5.74) is 0.324. The molecule has 0 amide bonds. The van der Waals surface area contributed by atoms with E-state index in [0.717, 1.165) is 18.4 Å². The number of sulfonamides is 1. The van der Waals surface area contributed by atoms with Gasteiger partial charge in [-0.1, -0.05) is 25.7 Å². The fourth-order valence-electron chi connectivity index (χ4n) is 2.53. The zero-order valence-corrected chi connectivity index (χ0v) is 11.5. The molecule has 1 aliphatic carbocycles. The van der Waals surface area contributed by atoms with Gasteiger partial charge in [0.25, 0.3) is 0 Å². The van der Waals surface area contributed by atoms with E-state index in [2.05, 4.69) is 5.32 Å². The summed E-state index contributed by atoms with van der Waals surface area (Å²) in [6, 6.07) is 3.69. The van der Waals surface area contributed by atoms with Crippen LogP contribution in [0.25, 0.3) is 0 Å². The van der Waals surface area contributed by atoms with Crippen LogP contribution in [0.2, 0.25) is 0 Å². The molecule has 106 valence electrons. The van der Waals surface area contributed by atoms with Crippen molar-refractivity contribution in [2.75, 3.05) is 11.9 Å². The second-order valence-electron chi connectivity index (χ2n) is 5.05. The number of hydrogen-bond donors (Lipinski definition) is 2. The van der Waals surface area contributed by atoms with Crippen LogP contribution in [0.3, 0.4) is 0 Å². The van der Waals surface area contributed by atoms with Crippen molar-refractivity contribution in [3.63, 3.8) is 0 Å². The number of benzene rings is 1. The fraction of sp³-hybridized carbons (Fsp3) is 0.538. The monoisotopic (exact) mass is 286 g/mol. The first-order valence-electron chi connectivity index (χ1n) is 6.53. The maximum atomic E-state index is 13.7. The Morgan fingerprint density at radius 2 is 2.00 bits per heavy atom. The molecule has 0 aromatic heterocycles. The quantitative estimate of drug-likeness (QED) is 0.873. The van der Waals surface area contributed by atoms with Gasteiger partial charge >= 0.3 is 0 Å². The lowest BCUT2D eigenvalue weighted by Crippen LogP contribution is -2.13. The van der Waals surface area contributed by atoms with E-state index >= 15 is 0 Å². The van der Waals surface area contributed by atoms with Crippen LogP contribution in [0, 0.1) is 11.7 Å². The molecule has 0 bridgehead atoms. The molecule has 0 spiro atoms. The van der Waals surface area contributed by atoms with Crippen molar-refractivity contribution in [2.45, 2.75) is 37.0 Å². The van der Waals surface area contributed by atoms with Crippen LogP contribution in [0.1, 0.15) is 32.1 Å². The van der Waals surface area contributed by atoms with Gasteiger partial charge in [-0.2, -0.15) is 0 Å². The molecule has 0 aliphatic heterocycles. The van der Waals surface area contributed by atoms with Gasteiger partial charge in [0.05, 0.1) is 10.6 Å². The predicted octanol–water partition coefficient (Wildman–Crippen LogP) is 2.47. The van der Waals surface area contributed by atoms with Crippen molar-refractivity contribution in [2.24, 2.45) is 11.1 Å². The standard InChI is InChI=1S/C13H19FN2O2S/c14-12-9-11(19(15,17)18)5-6-13(12)16-8-7-10-3-1-2-4-10/h5-6,9-10,16H,1-4,7-8H2,(H2,15,17,18). The molecule has 0 unspecified atom stereocenters. The van der Waals surface area contributed by atoms with Crippen molar-refractivity contribution in [3.05, 3.63) is 24.0 Å². The summed E-state index contributed by atoms with van der Waals surface area (Å²) < 4.78 is 35.8. The topological polar surface area (TPSA) is 72.2 Å². The van der Waals surface area contributed by atoms with E-state index in [1.165, 1.54) is 37.8 Å². The van der Waals surface area contributed by atoms with Crippen molar-refractivity contribution in [1.29, 1.82) is 0 Å². The van der Waals surface area contributed by atoms with E-state index in [1.807, 2.05) is 0 Å². The van der Waals surface area contributed by atoms with E-state index in [4.69, 9.17) is 5.14 Å².